The quantitative estimate of drug-likeness (QED) is 0.394. The van der Waals surface area contributed by atoms with Crippen LogP contribution in [0.25, 0.3) is 11.1 Å². The van der Waals surface area contributed by atoms with Crippen molar-refractivity contribution in [3.05, 3.63) is 42.0 Å². The SMILES string of the molecule is CC(=O)Oc1ccc(-c2ccc(NC(=O)CCN3CCOCC3)cc2C)c(OC=O)c1. The maximum Gasteiger partial charge on any atom is 0.308 e. The number of hydrogen-bond acceptors (Lipinski definition) is 7. The zero-order chi connectivity index (χ0) is 22.2. The molecular weight excluding hydrogens is 400 g/mol. The van der Waals surface area contributed by atoms with Gasteiger partial charge in [-0.05, 0) is 42.3 Å². The van der Waals surface area contributed by atoms with Crippen LogP contribution < -0.4 is 14.8 Å². The zero-order valence-electron chi connectivity index (χ0n) is 17.7. The van der Waals surface area contributed by atoms with Gasteiger partial charge in [0.15, 0.2) is 0 Å². The first-order valence-electron chi connectivity index (χ1n) is 10.1. The van der Waals surface area contributed by atoms with Crippen LogP contribution in [-0.4, -0.2) is 56.1 Å². The minimum Gasteiger partial charge on any atom is -0.428 e. The van der Waals surface area contributed by atoms with Crippen molar-refractivity contribution in [3.8, 4) is 22.6 Å². The van der Waals surface area contributed by atoms with E-state index in [-0.39, 0.29) is 17.4 Å². The van der Waals surface area contributed by atoms with Gasteiger partial charge < -0.3 is 19.5 Å². The van der Waals surface area contributed by atoms with Gasteiger partial charge >= 0.3 is 5.97 Å². The van der Waals surface area contributed by atoms with Crippen LogP contribution in [0.5, 0.6) is 11.5 Å². The number of morpholine rings is 1. The molecule has 0 spiro atoms. The Hall–Kier alpha value is -3.23. The van der Waals surface area contributed by atoms with Crippen molar-refractivity contribution in [1.82, 2.24) is 4.90 Å². The molecule has 2 aromatic rings. The van der Waals surface area contributed by atoms with Crippen molar-refractivity contribution in [2.45, 2.75) is 20.3 Å². The third-order valence-electron chi connectivity index (χ3n) is 4.95. The van der Waals surface area contributed by atoms with E-state index in [0.717, 1.165) is 24.2 Å². The molecule has 31 heavy (non-hydrogen) atoms. The van der Waals surface area contributed by atoms with E-state index in [1.807, 2.05) is 19.1 Å². The van der Waals surface area contributed by atoms with Gasteiger partial charge in [-0.3, -0.25) is 19.3 Å². The topological polar surface area (TPSA) is 94.2 Å². The number of amides is 1. The van der Waals surface area contributed by atoms with E-state index in [1.54, 1.807) is 18.2 Å². The van der Waals surface area contributed by atoms with Crippen molar-refractivity contribution in [1.29, 1.82) is 0 Å². The highest BCUT2D eigenvalue weighted by Gasteiger charge is 2.14. The summed E-state index contributed by atoms with van der Waals surface area (Å²) in [5, 5.41) is 2.93. The fourth-order valence-electron chi connectivity index (χ4n) is 3.46. The molecule has 1 aliphatic heterocycles. The molecule has 0 atom stereocenters. The number of nitrogens with zero attached hydrogens (tertiary/aromatic N) is 1. The van der Waals surface area contributed by atoms with E-state index in [0.29, 0.717) is 43.9 Å². The second-order valence-electron chi connectivity index (χ2n) is 7.25. The van der Waals surface area contributed by atoms with Crippen molar-refractivity contribution in [3.63, 3.8) is 0 Å². The first kappa shape index (κ1) is 22.5. The van der Waals surface area contributed by atoms with Gasteiger partial charge in [-0.1, -0.05) is 6.07 Å². The number of ether oxygens (including phenoxy) is 3. The third kappa shape index (κ3) is 6.37. The Bertz CT molecular complexity index is 953. The van der Waals surface area contributed by atoms with E-state index in [4.69, 9.17) is 14.2 Å². The average molecular weight is 426 g/mol. The summed E-state index contributed by atoms with van der Waals surface area (Å²) in [4.78, 5) is 36.6. The predicted molar refractivity (Wildman–Crippen MR) is 115 cm³/mol. The molecule has 1 amide bonds. The lowest BCUT2D eigenvalue weighted by Gasteiger charge is -2.26. The Balaban J connectivity index is 1.70. The molecule has 0 saturated carbocycles. The fraction of sp³-hybridized carbons (Fsp3) is 0.348. The summed E-state index contributed by atoms with van der Waals surface area (Å²) >= 11 is 0. The van der Waals surface area contributed by atoms with Gasteiger partial charge in [0.25, 0.3) is 6.47 Å². The summed E-state index contributed by atoms with van der Waals surface area (Å²) < 4.78 is 15.5. The number of anilines is 1. The molecular formula is C23H26N2O6. The van der Waals surface area contributed by atoms with Gasteiger partial charge in [-0.2, -0.15) is 0 Å². The average Bonchev–Trinajstić information content (AvgIpc) is 2.74. The number of hydrogen-bond donors (Lipinski definition) is 1. The largest absolute Gasteiger partial charge is 0.428 e. The Morgan fingerprint density at radius 1 is 1.13 bits per heavy atom. The summed E-state index contributed by atoms with van der Waals surface area (Å²) in [5.41, 5.74) is 3.09. The summed E-state index contributed by atoms with van der Waals surface area (Å²) in [6.07, 6.45) is 0.412. The standard InChI is InChI=1S/C23H26N2O6/c1-16-13-18(24-23(28)7-8-25-9-11-29-12-10-25)3-5-20(16)21-6-4-19(31-17(2)27)14-22(21)30-15-26/h3-6,13-15H,7-12H2,1-2H3,(H,24,28). The Morgan fingerprint density at radius 3 is 2.55 bits per heavy atom. The molecule has 164 valence electrons. The minimum atomic E-state index is -0.463. The van der Waals surface area contributed by atoms with E-state index in [2.05, 4.69) is 10.2 Å². The monoisotopic (exact) mass is 426 g/mol. The van der Waals surface area contributed by atoms with Crippen LogP contribution in [0.1, 0.15) is 18.9 Å². The second-order valence-corrected chi connectivity index (χ2v) is 7.25. The van der Waals surface area contributed by atoms with Crippen molar-refractivity contribution in [2.24, 2.45) is 0 Å². The summed E-state index contributed by atoms with van der Waals surface area (Å²) in [6, 6.07) is 10.4. The molecule has 1 aliphatic rings. The van der Waals surface area contributed by atoms with Crippen LogP contribution in [0, 0.1) is 6.92 Å². The number of carbonyl (C=O) groups excluding carboxylic acids is 3. The van der Waals surface area contributed by atoms with Crippen LogP contribution in [-0.2, 0) is 19.1 Å². The number of nitrogens with one attached hydrogen (secondary N) is 1. The predicted octanol–water partition coefficient (Wildman–Crippen LogP) is 2.78. The zero-order valence-corrected chi connectivity index (χ0v) is 17.7. The number of rotatable bonds is 8. The van der Waals surface area contributed by atoms with E-state index < -0.39 is 5.97 Å². The molecule has 0 unspecified atom stereocenters. The molecule has 1 fully saturated rings. The van der Waals surface area contributed by atoms with Crippen LogP contribution in [0.3, 0.4) is 0 Å². The highest BCUT2D eigenvalue weighted by Crippen LogP contribution is 2.36. The van der Waals surface area contributed by atoms with E-state index >= 15 is 0 Å². The molecule has 1 N–H and O–H groups in total. The first-order valence-corrected chi connectivity index (χ1v) is 10.1. The highest BCUT2D eigenvalue weighted by molar-refractivity contribution is 5.91. The maximum absolute atomic E-state index is 12.3. The Kier molecular flexibility index (Phi) is 7.75. The van der Waals surface area contributed by atoms with E-state index in [1.165, 1.54) is 13.0 Å². The molecule has 2 aromatic carbocycles. The van der Waals surface area contributed by atoms with E-state index in [9.17, 15) is 14.4 Å². The van der Waals surface area contributed by atoms with Gasteiger partial charge in [-0.15, -0.1) is 0 Å². The lowest BCUT2D eigenvalue weighted by Crippen LogP contribution is -2.38. The number of esters is 1. The smallest absolute Gasteiger partial charge is 0.308 e. The molecule has 0 bridgehead atoms. The number of aryl methyl sites for hydroxylation is 1. The van der Waals surface area contributed by atoms with Crippen molar-refractivity contribution < 1.29 is 28.6 Å². The summed E-state index contributed by atoms with van der Waals surface area (Å²) in [6.45, 7) is 7.35. The van der Waals surface area contributed by atoms with Crippen LogP contribution in [0.2, 0.25) is 0 Å². The lowest BCUT2D eigenvalue weighted by molar-refractivity contribution is -0.131. The molecule has 1 heterocycles. The van der Waals surface area contributed by atoms with Gasteiger partial charge in [-0.25, -0.2) is 0 Å². The molecule has 1 saturated heterocycles. The Labute approximate surface area is 181 Å². The minimum absolute atomic E-state index is 0.0469. The molecule has 0 aromatic heterocycles. The van der Waals surface area contributed by atoms with Gasteiger partial charge in [0.2, 0.25) is 5.91 Å². The van der Waals surface area contributed by atoms with Crippen LogP contribution in [0.15, 0.2) is 36.4 Å². The first-order chi connectivity index (χ1) is 15.0. The van der Waals surface area contributed by atoms with Crippen molar-refractivity contribution in [2.75, 3.05) is 38.2 Å². The highest BCUT2D eigenvalue weighted by atomic mass is 16.5. The van der Waals surface area contributed by atoms with Crippen LogP contribution in [0.4, 0.5) is 5.69 Å². The fourth-order valence-corrected chi connectivity index (χ4v) is 3.46. The molecule has 3 rings (SSSR count). The van der Waals surface area contributed by atoms with Crippen LogP contribution >= 0.6 is 0 Å². The normalized spacial score (nSPS) is 14.0. The molecule has 8 heteroatoms. The van der Waals surface area contributed by atoms with Gasteiger partial charge in [0.1, 0.15) is 11.5 Å². The summed E-state index contributed by atoms with van der Waals surface area (Å²) in [5.74, 6) is 0.0538. The van der Waals surface area contributed by atoms with Gasteiger partial charge in [0.05, 0.1) is 13.2 Å². The molecule has 8 nitrogen and oxygen atoms in total. The maximum atomic E-state index is 12.3. The molecule has 0 radical (unpaired) electrons. The third-order valence-corrected chi connectivity index (χ3v) is 4.95. The Morgan fingerprint density at radius 2 is 1.87 bits per heavy atom. The number of benzene rings is 2. The molecule has 0 aliphatic carbocycles. The van der Waals surface area contributed by atoms with Crippen molar-refractivity contribution >= 4 is 24.0 Å². The number of carbonyl (C=O) groups is 3. The lowest BCUT2D eigenvalue weighted by atomic mass is 9.99. The van der Waals surface area contributed by atoms with Gasteiger partial charge in [0, 0.05) is 50.3 Å². The summed E-state index contributed by atoms with van der Waals surface area (Å²) in [7, 11) is 0. The second kappa shape index (κ2) is 10.7.